The zero-order valence-corrected chi connectivity index (χ0v) is 12.5. The maximum atomic E-state index is 4.68. The molecule has 4 heteroatoms. The van der Waals surface area contributed by atoms with Gasteiger partial charge in [0.05, 0.1) is 22.0 Å². The molecule has 0 spiro atoms. The van der Waals surface area contributed by atoms with Crippen LogP contribution in [0.3, 0.4) is 0 Å². The minimum absolute atomic E-state index is 0.844. The van der Waals surface area contributed by atoms with Gasteiger partial charge in [-0.25, -0.2) is 9.97 Å². The first-order chi connectivity index (χ1) is 9.22. The third-order valence-corrected chi connectivity index (χ3v) is 5.02. The maximum Gasteiger partial charge on any atom is 0.100 e. The number of thiazole rings is 2. The van der Waals surface area contributed by atoms with E-state index in [1.54, 1.807) is 22.7 Å². The molecule has 0 fully saturated rings. The third-order valence-electron chi connectivity index (χ3n) is 2.85. The first-order valence-electron chi connectivity index (χ1n) is 6.15. The SMILES string of the molecule is Cc1csc(Cc2nc(C)c(-c3ccccc3)s2)n1. The Morgan fingerprint density at radius 1 is 1.00 bits per heavy atom. The number of rotatable bonds is 3. The lowest BCUT2D eigenvalue weighted by molar-refractivity contribution is 1.06. The Bertz CT molecular complexity index is 683. The zero-order valence-electron chi connectivity index (χ0n) is 10.9. The molecule has 0 amide bonds. The van der Waals surface area contributed by atoms with Crippen LogP contribution in [0, 0.1) is 13.8 Å². The highest BCUT2D eigenvalue weighted by molar-refractivity contribution is 7.15. The minimum Gasteiger partial charge on any atom is -0.246 e. The summed E-state index contributed by atoms with van der Waals surface area (Å²) in [5.74, 6) is 0. The predicted octanol–water partition coefficient (Wildman–Crippen LogP) is 4.47. The summed E-state index contributed by atoms with van der Waals surface area (Å²) in [6.45, 7) is 4.11. The fourth-order valence-corrected chi connectivity index (χ4v) is 3.94. The van der Waals surface area contributed by atoms with Gasteiger partial charge < -0.3 is 0 Å². The average molecular weight is 286 g/mol. The summed E-state index contributed by atoms with van der Waals surface area (Å²) in [6, 6.07) is 10.4. The highest BCUT2D eigenvalue weighted by atomic mass is 32.1. The first-order valence-corrected chi connectivity index (χ1v) is 7.85. The monoisotopic (exact) mass is 286 g/mol. The van der Waals surface area contributed by atoms with E-state index in [1.165, 1.54) is 10.4 Å². The van der Waals surface area contributed by atoms with Crippen molar-refractivity contribution in [3.63, 3.8) is 0 Å². The first kappa shape index (κ1) is 12.5. The molecule has 2 aromatic heterocycles. The maximum absolute atomic E-state index is 4.68. The third kappa shape index (κ3) is 2.74. The van der Waals surface area contributed by atoms with Gasteiger partial charge in [-0.3, -0.25) is 0 Å². The van der Waals surface area contributed by atoms with Crippen molar-refractivity contribution in [2.45, 2.75) is 20.3 Å². The van der Waals surface area contributed by atoms with E-state index in [4.69, 9.17) is 0 Å². The molecular weight excluding hydrogens is 272 g/mol. The lowest BCUT2D eigenvalue weighted by Gasteiger charge is -1.96. The van der Waals surface area contributed by atoms with Crippen molar-refractivity contribution in [2.75, 3.05) is 0 Å². The van der Waals surface area contributed by atoms with Crippen LogP contribution in [0.4, 0.5) is 0 Å². The molecule has 2 heterocycles. The minimum atomic E-state index is 0.844. The van der Waals surface area contributed by atoms with Gasteiger partial charge in [0.15, 0.2) is 0 Å². The molecule has 3 aromatic rings. The topological polar surface area (TPSA) is 25.8 Å². The van der Waals surface area contributed by atoms with Gasteiger partial charge in [0.25, 0.3) is 0 Å². The fraction of sp³-hybridized carbons (Fsp3) is 0.200. The Morgan fingerprint density at radius 3 is 2.47 bits per heavy atom. The second kappa shape index (κ2) is 5.23. The Hall–Kier alpha value is -1.52. The van der Waals surface area contributed by atoms with Gasteiger partial charge in [0, 0.05) is 11.1 Å². The van der Waals surface area contributed by atoms with E-state index in [0.717, 1.165) is 27.8 Å². The molecule has 2 nitrogen and oxygen atoms in total. The van der Waals surface area contributed by atoms with E-state index in [1.807, 2.05) is 13.0 Å². The average Bonchev–Trinajstić information content (AvgIpc) is 2.97. The number of nitrogens with zero attached hydrogens (tertiary/aromatic N) is 2. The molecule has 0 radical (unpaired) electrons. The molecule has 1 aromatic carbocycles. The van der Waals surface area contributed by atoms with Crippen molar-refractivity contribution in [1.82, 2.24) is 9.97 Å². The largest absolute Gasteiger partial charge is 0.246 e. The Morgan fingerprint density at radius 2 is 1.79 bits per heavy atom. The van der Waals surface area contributed by atoms with Gasteiger partial charge >= 0.3 is 0 Å². The van der Waals surface area contributed by atoms with Gasteiger partial charge in [-0.2, -0.15) is 0 Å². The highest BCUT2D eigenvalue weighted by Gasteiger charge is 2.11. The summed E-state index contributed by atoms with van der Waals surface area (Å²) in [6.07, 6.45) is 0.844. The van der Waals surface area contributed by atoms with E-state index >= 15 is 0 Å². The molecule has 0 atom stereocenters. The number of benzene rings is 1. The molecule has 0 aliphatic carbocycles. The van der Waals surface area contributed by atoms with Crippen LogP contribution in [0.15, 0.2) is 35.7 Å². The van der Waals surface area contributed by atoms with Crippen molar-refractivity contribution >= 4 is 22.7 Å². The van der Waals surface area contributed by atoms with Crippen LogP contribution >= 0.6 is 22.7 Å². The van der Waals surface area contributed by atoms with Crippen molar-refractivity contribution in [3.05, 3.63) is 57.1 Å². The van der Waals surface area contributed by atoms with Gasteiger partial charge in [-0.15, -0.1) is 22.7 Å². The van der Waals surface area contributed by atoms with Crippen LogP contribution in [0.5, 0.6) is 0 Å². The molecule has 0 bridgehead atoms. The molecule has 96 valence electrons. The van der Waals surface area contributed by atoms with E-state index in [2.05, 4.69) is 46.5 Å². The molecule has 0 saturated heterocycles. The van der Waals surface area contributed by atoms with Crippen molar-refractivity contribution in [3.8, 4) is 10.4 Å². The van der Waals surface area contributed by atoms with Gasteiger partial charge in [0.2, 0.25) is 0 Å². The van der Waals surface area contributed by atoms with E-state index in [0.29, 0.717) is 0 Å². The van der Waals surface area contributed by atoms with Crippen LogP contribution in [-0.2, 0) is 6.42 Å². The lowest BCUT2D eigenvalue weighted by Crippen LogP contribution is -1.86. The fourth-order valence-electron chi connectivity index (χ4n) is 2.00. The van der Waals surface area contributed by atoms with Gasteiger partial charge in [0.1, 0.15) is 5.01 Å². The lowest BCUT2D eigenvalue weighted by atomic mass is 10.2. The Kier molecular flexibility index (Phi) is 3.44. The summed E-state index contributed by atoms with van der Waals surface area (Å²) in [5, 5.41) is 4.38. The second-order valence-electron chi connectivity index (χ2n) is 4.45. The van der Waals surface area contributed by atoms with Crippen molar-refractivity contribution in [1.29, 1.82) is 0 Å². The van der Waals surface area contributed by atoms with Crippen LogP contribution in [0.2, 0.25) is 0 Å². The summed E-state index contributed by atoms with van der Waals surface area (Å²) < 4.78 is 0. The highest BCUT2D eigenvalue weighted by Crippen LogP contribution is 2.31. The molecule has 0 saturated carbocycles. The van der Waals surface area contributed by atoms with Crippen LogP contribution < -0.4 is 0 Å². The van der Waals surface area contributed by atoms with Crippen molar-refractivity contribution in [2.24, 2.45) is 0 Å². The summed E-state index contributed by atoms with van der Waals surface area (Å²) in [5.41, 5.74) is 3.45. The number of aromatic nitrogens is 2. The molecule has 0 aliphatic rings. The van der Waals surface area contributed by atoms with E-state index in [-0.39, 0.29) is 0 Å². The zero-order chi connectivity index (χ0) is 13.2. The predicted molar refractivity (Wildman–Crippen MR) is 81.9 cm³/mol. The molecule has 0 unspecified atom stereocenters. The number of hydrogen-bond acceptors (Lipinski definition) is 4. The molecular formula is C15H14N2S2. The molecule has 3 rings (SSSR count). The van der Waals surface area contributed by atoms with Crippen LogP contribution in [0.25, 0.3) is 10.4 Å². The van der Waals surface area contributed by atoms with Crippen LogP contribution in [0.1, 0.15) is 21.4 Å². The summed E-state index contributed by atoms with van der Waals surface area (Å²) in [4.78, 5) is 10.4. The van der Waals surface area contributed by atoms with Gasteiger partial charge in [-0.1, -0.05) is 30.3 Å². The number of hydrogen-bond donors (Lipinski definition) is 0. The molecule has 0 aliphatic heterocycles. The second-order valence-corrected chi connectivity index (χ2v) is 6.47. The summed E-state index contributed by atoms with van der Waals surface area (Å²) in [7, 11) is 0. The van der Waals surface area contributed by atoms with Crippen LogP contribution in [-0.4, -0.2) is 9.97 Å². The Balaban J connectivity index is 1.89. The van der Waals surface area contributed by atoms with Crippen molar-refractivity contribution < 1.29 is 0 Å². The van der Waals surface area contributed by atoms with E-state index < -0.39 is 0 Å². The molecule has 0 N–H and O–H groups in total. The summed E-state index contributed by atoms with van der Waals surface area (Å²) >= 11 is 3.48. The smallest absolute Gasteiger partial charge is 0.100 e. The van der Waals surface area contributed by atoms with E-state index in [9.17, 15) is 0 Å². The quantitative estimate of drug-likeness (QED) is 0.709. The standard InChI is InChI=1S/C15H14N2S2/c1-10-9-18-13(16-10)8-14-17-11(2)15(19-14)12-6-4-3-5-7-12/h3-7,9H,8H2,1-2H3. The normalized spacial score (nSPS) is 10.8. The molecule has 19 heavy (non-hydrogen) atoms. The number of aryl methyl sites for hydroxylation is 2. The van der Waals surface area contributed by atoms with Gasteiger partial charge in [-0.05, 0) is 19.4 Å². The Labute approximate surface area is 120 Å².